The van der Waals surface area contributed by atoms with Crippen molar-refractivity contribution in [2.75, 3.05) is 7.11 Å². The molecule has 3 heteroatoms. The Morgan fingerprint density at radius 3 is 2.53 bits per heavy atom. The minimum atomic E-state index is 0.142. The van der Waals surface area contributed by atoms with E-state index in [9.17, 15) is 5.11 Å². The van der Waals surface area contributed by atoms with Gasteiger partial charge in [-0.1, -0.05) is 36.4 Å². The largest absolute Gasteiger partial charge is 0.504 e. The Labute approximate surface area is 111 Å². The number of fused-ring (bicyclic) bond motifs is 1. The number of hydrogen-bond donors (Lipinski definition) is 1. The highest BCUT2D eigenvalue weighted by Crippen LogP contribution is 2.38. The highest BCUT2D eigenvalue weighted by atomic mass is 16.5. The Bertz CT molecular complexity index is 732. The number of hydrogen-bond acceptors (Lipinski definition) is 3. The average molecular weight is 251 g/mol. The summed E-state index contributed by atoms with van der Waals surface area (Å²) in [6.45, 7) is 0. The monoisotopic (exact) mass is 251 g/mol. The number of aromatic hydroxyl groups is 1. The molecule has 0 fully saturated rings. The van der Waals surface area contributed by atoms with Gasteiger partial charge in [-0.3, -0.25) is 4.98 Å². The van der Waals surface area contributed by atoms with E-state index in [1.54, 1.807) is 19.4 Å². The van der Waals surface area contributed by atoms with E-state index < -0.39 is 0 Å². The molecule has 1 aromatic heterocycles. The van der Waals surface area contributed by atoms with Crippen molar-refractivity contribution in [2.24, 2.45) is 0 Å². The zero-order valence-corrected chi connectivity index (χ0v) is 10.5. The molecule has 0 amide bonds. The minimum Gasteiger partial charge on any atom is -0.504 e. The topological polar surface area (TPSA) is 42.4 Å². The lowest BCUT2D eigenvalue weighted by Gasteiger charge is -2.10. The van der Waals surface area contributed by atoms with E-state index in [2.05, 4.69) is 4.98 Å². The van der Waals surface area contributed by atoms with Crippen molar-refractivity contribution in [1.82, 2.24) is 4.98 Å². The van der Waals surface area contributed by atoms with Gasteiger partial charge in [-0.2, -0.15) is 0 Å². The van der Waals surface area contributed by atoms with Crippen LogP contribution in [0.25, 0.3) is 22.0 Å². The Morgan fingerprint density at radius 1 is 0.947 bits per heavy atom. The number of phenols is 1. The fourth-order valence-corrected chi connectivity index (χ4v) is 2.23. The zero-order chi connectivity index (χ0) is 13.2. The normalized spacial score (nSPS) is 10.6. The van der Waals surface area contributed by atoms with E-state index in [1.165, 1.54) is 0 Å². The van der Waals surface area contributed by atoms with E-state index in [1.807, 2.05) is 42.5 Å². The molecule has 0 unspecified atom stereocenters. The second kappa shape index (κ2) is 4.61. The molecule has 0 atom stereocenters. The van der Waals surface area contributed by atoms with Crippen molar-refractivity contribution in [3.63, 3.8) is 0 Å². The molecular weight excluding hydrogens is 238 g/mol. The molecule has 3 nitrogen and oxygen atoms in total. The molecule has 19 heavy (non-hydrogen) atoms. The third kappa shape index (κ3) is 1.89. The molecule has 0 saturated heterocycles. The molecule has 2 aromatic carbocycles. The number of phenolic OH excluding ortho intramolecular Hbond substituents is 1. The molecule has 0 aliphatic rings. The van der Waals surface area contributed by atoms with E-state index in [4.69, 9.17) is 4.74 Å². The van der Waals surface area contributed by atoms with Gasteiger partial charge in [0.2, 0.25) is 0 Å². The lowest BCUT2D eigenvalue weighted by Crippen LogP contribution is -1.88. The first-order valence-corrected chi connectivity index (χ1v) is 6.01. The Balaban J connectivity index is 2.31. The zero-order valence-electron chi connectivity index (χ0n) is 10.5. The van der Waals surface area contributed by atoms with Gasteiger partial charge in [0.1, 0.15) is 0 Å². The van der Waals surface area contributed by atoms with Gasteiger partial charge in [-0.25, -0.2) is 0 Å². The van der Waals surface area contributed by atoms with Crippen molar-refractivity contribution < 1.29 is 9.84 Å². The van der Waals surface area contributed by atoms with Crippen LogP contribution in [0.2, 0.25) is 0 Å². The maximum absolute atomic E-state index is 10.2. The lowest BCUT2D eigenvalue weighted by atomic mass is 10.0. The van der Waals surface area contributed by atoms with Crippen LogP contribution in [-0.2, 0) is 0 Å². The maximum Gasteiger partial charge on any atom is 0.165 e. The van der Waals surface area contributed by atoms with Gasteiger partial charge >= 0.3 is 0 Å². The van der Waals surface area contributed by atoms with Crippen LogP contribution >= 0.6 is 0 Å². The lowest BCUT2D eigenvalue weighted by molar-refractivity contribution is 0.374. The number of aromatic nitrogens is 1. The van der Waals surface area contributed by atoms with Crippen LogP contribution in [-0.4, -0.2) is 17.2 Å². The van der Waals surface area contributed by atoms with E-state index in [-0.39, 0.29) is 5.75 Å². The molecule has 1 N–H and O–H groups in total. The molecule has 0 aliphatic heterocycles. The summed E-state index contributed by atoms with van der Waals surface area (Å²) in [5, 5.41) is 11.3. The highest BCUT2D eigenvalue weighted by Gasteiger charge is 2.12. The van der Waals surface area contributed by atoms with Crippen molar-refractivity contribution in [3.8, 4) is 22.6 Å². The third-order valence-electron chi connectivity index (χ3n) is 3.14. The summed E-state index contributed by atoms with van der Waals surface area (Å²) < 4.78 is 5.15. The van der Waals surface area contributed by atoms with Crippen molar-refractivity contribution >= 4 is 10.9 Å². The standard InChI is InChI=1S/C16H13NO2/c1-19-14-9-3-8-13(16(14)18)12-7-2-5-11-6-4-10-17-15(11)12/h2-10,18H,1H3. The van der Waals surface area contributed by atoms with Crippen molar-refractivity contribution in [3.05, 3.63) is 54.7 Å². The second-order valence-corrected chi connectivity index (χ2v) is 4.24. The summed E-state index contributed by atoms with van der Waals surface area (Å²) in [7, 11) is 1.54. The summed E-state index contributed by atoms with van der Waals surface area (Å²) in [5.74, 6) is 0.605. The fourth-order valence-electron chi connectivity index (χ4n) is 2.23. The molecule has 3 rings (SSSR count). The molecule has 1 heterocycles. The van der Waals surface area contributed by atoms with Gasteiger partial charge in [-0.05, 0) is 12.1 Å². The smallest absolute Gasteiger partial charge is 0.165 e. The van der Waals surface area contributed by atoms with Gasteiger partial charge in [0.05, 0.1) is 12.6 Å². The molecular formula is C16H13NO2. The average Bonchev–Trinajstić information content (AvgIpc) is 2.47. The number of rotatable bonds is 2. The van der Waals surface area contributed by atoms with Crippen LogP contribution in [0.15, 0.2) is 54.7 Å². The maximum atomic E-state index is 10.2. The molecule has 94 valence electrons. The summed E-state index contributed by atoms with van der Waals surface area (Å²) in [6, 6.07) is 15.3. The predicted molar refractivity (Wildman–Crippen MR) is 75.4 cm³/mol. The van der Waals surface area contributed by atoms with Crippen LogP contribution in [0.4, 0.5) is 0 Å². The van der Waals surface area contributed by atoms with Gasteiger partial charge in [0.25, 0.3) is 0 Å². The quantitative estimate of drug-likeness (QED) is 0.756. The molecule has 0 aliphatic carbocycles. The summed E-state index contributed by atoms with van der Waals surface area (Å²) in [6.07, 6.45) is 1.75. The number of pyridine rings is 1. The molecule has 0 saturated carbocycles. The molecule has 0 spiro atoms. The van der Waals surface area contributed by atoms with E-state index >= 15 is 0 Å². The van der Waals surface area contributed by atoms with Gasteiger partial charge in [-0.15, -0.1) is 0 Å². The Morgan fingerprint density at radius 2 is 1.68 bits per heavy atom. The number of para-hydroxylation sites is 2. The number of methoxy groups -OCH3 is 1. The summed E-state index contributed by atoms with van der Waals surface area (Å²) in [4.78, 5) is 4.40. The molecule has 0 bridgehead atoms. The third-order valence-corrected chi connectivity index (χ3v) is 3.14. The van der Waals surface area contributed by atoms with Gasteiger partial charge in [0.15, 0.2) is 11.5 Å². The van der Waals surface area contributed by atoms with Crippen LogP contribution < -0.4 is 4.74 Å². The first-order chi connectivity index (χ1) is 9.31. The number of nitrogens with zero attached hydrogens (tertiary/aromatic N) is 1. The fraction of sp³-hybridized carbons (Fsp3) is 0.0625. The van der Waals surface area contributed by atoms with Crippen LogP contribution in [0.5, 0.6) is 11.5 Å². The van der Waals surface area contributed by atoms with E-state index in [0.29, 0.717) is 5.75 Å². The number of ether oxygens (including phenoxy) is 1. The number of benzene rings is 2. The van der Waals surface area contributed by atoms with Crippen LogP contribution in [0.1, 0.15) is 0 Å². The Hall–Kier alpha value is -2.55. The predicted octanol–water partition coefficient (Wildman–Crippen LogP) is 3.62. The van der Waals surface area contributed by atoms with Crippen molar-refractivity contribution in [2.45, 2.75) is 0 Å². The van der Waals surface area contributed by atoms with Crippen LogP contribution in [0.3, 0.4) is 0 Å². The molecule has 3 aromatic rings. The minimum absolute atomic E-state index is 0.142. The second-order valence-electron chi connectivity index (χ2n) is 4.24. The van der Waals surface area contributed by atoms with Crippen LogP contribution in [0, 0.1) is 0 Å². The van der Waals surface area contributed by atoms with E-state index in [0.717, 1.165) is 22.0 Å². The first-order valence-electron chi connectivity index (χ1n) is 6.01. The summed E-state index contributed by atoms with van der Waals surface area (Å²) >= 11 is 0. The molecule has 0 radical (unpaired) electrons. The summed E-state index contributed by atoms with van der Waals surface area (Å²) in [5.41, 5.74) is 2.49. The van der Waals surface area contributed by atoms with Gasteiger partial charge < -0.3 is 9.84 Å². The Kier molecular flexibility index (Phi) is 2.80. The highest BCUT2D eigenvalue weighted by molar-refractivity contribution is 5.95. The first kappa shape index (κ1) is 11.5. The SMILES string of the molecule is COc1cccc(-c2cccc3cccnc23)c1O. The van der Waals surface area contributed by atoms with Crippen molar-refractivity contribution in [1.29, 1.82) is 0 Å². The van der Waals surface area contributed by atoms with Gasteiger partial charge in [0, 0.05) is 22.7 Å².